The van der Waals surface area contributed by atoms with Gasteiger partial charge in [0.2, 0.25) is 17.6 Å². The molecule has 1 amide bonds. The molecule has 0 unspecified atom stereocenters. The highest BCUT2D eigenvalue weighted by atomic mass is 32.1. The fraction of sp³-hybridized carbons (Fsp3) is 0.235. The van der Waals surface area contributed by atoms with Gasteiger partial charge in [0, 0.05) is 13.1 Å². The molecule has 122 valence electrons. The minimum Gasteiger partial charge on any atom is -0.341 e. The molecule has 1 saturated heterocycles. The number of likely N-dealkylation sites (tertiary alicyclic amines) is 1. The first-order valence-electron chi connectivity index (χ1n) is 7.59. The summed E-state index contributed by atoms with van der Waals surface area (Å²) in [6.45, 7) is 1.15. The maximum absolute atomic E-state index is 12.9. The molecule has 24 heavy (non-hydrogen) atoms. The van der Waals surface area contributed by atoms with E-state index in [9.17, 15) is 9.18 Å². The lowest BCUT2D eigenvalue weighted by atomic mass is 9.99. The third-order valence-corrected chi connectivity index (χ3v) is 4.90. The van der Waals surface area contributed by atoms with Crippen LogP contribution >= 0.6 is 11.3 Å². The van der Waals surface area contributed by atoms with Crippen LogP contribution in [0, 0.1) is 5.82 Å². The molecule has 3 heterocycles. The van der Waals surface area contributed by atoms with Crippen LogP contribution < -0.4 is 0 Å². The molecule has 2 aromatic heterocycles. The monoisotopic (exact) mass is 343 g/mol. The average Bonchev–Trinajstić information content (AvgIpc) is 3.19. The van der Waals surface area contributed by atoms with E-state index in [1.165, 1.54) is 12.1 Å². The topological polar surface area (TPSA) is 59.2 Å². The van der Waals surface area contributed by atoms with Crippen molar-refractivity contribution in [1.29, 1.82) is 0 Å². The fourth-order valence-corrected chi connectivity index (χ4v) is 3.28. The average molecular weight is 343 g/mol. The van der Waals surface area contributed by atoms with Crippen molar-refractivity contribution in [2.24, 2.45) is 0 Å². The van der Waals surface area contributed by atoms with E-state index in [1.807, 2.05) is 17.5 Å². The largest absolute Gasteiger partial charge is 0.341 e. The summed E-state index contributed by atoms with van der Waals surface area (Å²) in [5.74, 6) is 0.979. The minimum atomic E-state index is -0.298. The highest BCUT2D eigenvalue weighted by molar-refractivity contribution is 7.13. The first-order valence-corrected chi connectivity index (χ1v) is 8.47. The molecular formula is C17H14FN3O2S. The van der Waals surface area contributed by atoms with Gasteiger partial charge in [-0.3, -0.25) is 4.79 Å². The summed E-state index contributed by atoms with van der Waals surface area (Å²) in [4.78, 5) is 19.4. The van der Waals surface area contributed by atoms with Gasteiger partial charge in [-0.15, -0.1) is 11.3 Å². The van der Waals surface area contributed by atoms with Crippen molar-refractivity contribution in [2.45, 2.75) is 12.3 Å². The van der Waals surface area contributed by atoms with Gasteiger partial charge in [0.1, 0.15) is 5.82 Å². The second kappa shape index (κ2) is 6.16. The van der Waals surface area contributed by atoms with Gasteiger partial charge in [-0.1, -0.05) is 23.4 Å². The zero-order valence-electron chi connectivity index (χ0n) is 12.7. The summed E-state index contributed by atoms with van der Waals surface area (Å²) < 4.78 is 18.2. The Labute approximate surface area is 141 Å². The molecule has 5 nitrogen and oxygen atoms in total. The molecule has 0 N–H and O–H groups in total. The number of aromatic nitrogens is 2. The van der Waals surface area contributed by atoms with Gasteiger partial charge in [0.05, 0.1) is 17.2 Å². The molecular weight excluding hydrogens is 329 g/mol. The summed E-state index contributed by atoms with van der Waals surface area (Å²) in [5, 5.41) is 5.96. The second-order valence-electron chi connectivity index (χ2n) is 5.73. The minimum absolute atomic E-state index is 0.0239. The van der Waals surface area contributed by atoms with E-state index in [1.54, 1.807) is 28.4 Å². The summed E-state index contributed by atoms with van der Waals surface area (Å²) in [7, 11) is 0. The highest BCUT2D eigenvalue weighted by Crippen LogP contribution is 2.29. The van der Waals surface area contributed by atoms with Crippen LogP contribution in [0.4, 0.5) is 4.39 Å². The Morgan fingerprint density at radius 1 is 1.29 bits per heavy atom. The van der Waals surface area contributed by atoms with E-state index < -0.39 is 0 Å². The number of nitrogens with zero attached hydrogens (tertiary/aromatic N) is 3. The van der Waals surface area contributed by atoms with E-state index >= 15 is 0 Å². The first kappa shape index (κ1) is 15.0. The number of hydrogen-bond donors (Lipinski definition) is 0. The van der Waals surface area contributed by atoms with Crippen LogP contribution in [0.2, 0.25) is 0 Å². The maximum atomic E-state index is 12.9. The Morgan fingerprint density at radius 3 is 2.79 bits per heavy atom. The van der Waals surface area contributed by atoms with Crippen molar-refractivity contribution in [1.82, 2.24) is 15.0 Å². The first-order chi connectivity index (χ1) is 11.7. The van der Waals surface area contributed by atoms with E-state index in [0.717, 1.165) is 10.4 Å². The predicted octanol–water partition coefficient (Wildman–Crippen LogP) is 3.11. The van der Waals surface area contributed by atoms with Gasteiger partial charge in [-0.05, 0) is 29.1 Å². The Bertz CT molecular complexity index is 839. The number of halogens is 1. The number of amides is 1. The van der Waals surface area contributed by atoms with Gasteiger partial charge < -0.3 is 9.42 Å². The molecule has 1 aromatic carbocycles. The lowest BCUT2D eigenvalue weighted by Gasteiger charge is -2.37. The molecule has 0 atom stereocenters. The molecule has 0 aliphatic carbocycles. The van der Waals surface area contributed by atoms with Crippen molar-refractivity contribution in [3.8, 4) is 10.7 Å². The number of hydrogen-bond acceptors (Lipinski definition) is 5. The lowest BCUT2D eigenvalue weighted by Crippen LogP contribution is -2.49. The predicted molar refractivity (Wildman–Crippen MR) is 87.0 cm³/mol. The van der Waals surface area contributed by atoms with E-state index in [4.69, 9.17) is 4.52 Å². The zero-order valence-corrected chi connectivity index (χ0v) is 13.5. The molecule has 1 aliphatic heterocycles. The fourth-order valence-electron chi connectivity index (χ4n) is 2.63. The van der Waals surface area contributed by atoms with Crippen molar-refractivity contribution >= 4 is 17.2 Å². The van der Waals surface area contributed by atoms with Crippen molar-refractivity contribution in [2.75, 3.05) is 13.1 Å². The van der Waals surface area contributed by atoms with Gasteiger partial charge in [0.15, 0.2) is 0 Å². The molecule has 1 aliphatic rings. The van der Waals surface area contributed by atoms with Crippen LogP contribution in [-0.2, 0) is 11.2 Å². The number of carbonyl (C=O) groups excluding carboxylic acids is 1. The van der Waals surface area contributed by atoms with E-state index in [-0.39, 0.29) is 24.1 Å². The Balaban J connectivity index is 1.34. The van der Waals surface area contributed by atoms with Gasteiger partial charge in [-0.25, -0.2) is 4.39 Å². The molecule has 0 spiro atoms. The number of rotatable bonds is 4. The van der Waals surface area contributed by atoms with Crippen LogP contribution in [-0.4, -0.2) is 34.0 Å². The standard InChI is InChI=1S/C17H14FN3O2S/c18-13-5-3-11(4-6-13)8-15(22)21-9-12(10-21)17-19-16(20-23-17)14-2-1-7-24-14/h1-7,12H,8-10H2. The third-order valence-electron chi connectivity index (χ3n) is 4.04. The van der Waals surface area contributed by atoms with Crippen LogP contribution in [0.15, 0.2) is 46.3 Å². The SMILES string of the molecule is O=C(Cc1ccc(F)cc1)N1CC(c2nc(-c3cccs3)no2)C1. The van der Waals surface area contributed by atoms with Crippen molar-refractivity contribution < 1.29 is 13.7 Å². The van der Waals surface area contributed by atoms with E-state index in [0.29, 0.717) is 24.8 Å². The number of carbonyl (C=O) groups is 1. The summed E-state index contributed by atoms with van der Waals surface area (Å²) >= 11 is 1.56. The summed E-state index contributed by atoms with van der Waals surface area (Å²) in [6, 6.07) is 9.89. The highest BCUT2D eigenvalue weighted by Gasteiger charge is 2.35. The maximum Gasteiger partial charge on any atom is 0.233 e. The van der Waals surface area contributed by atoms with Crippen LogP contribution in [0.5, 0.6) is 0 Å². The van der Waals surface area contributed by atoms with Gasteiger partial charge >= 0.3 is 0 Å². The molecule has 4 rings (SSSR count). The second-order valence-corrected chi connectivity index (χ2v) is 6.68. The Morgan fingerprint density at radius 2 is 2.08 bits per heavy atom. The van der Waals surface area contributed by atoms with Crippen molar-refractivity contribution in [3.05, 3.63) is 59.0 Å². The third kappa shape index (κ3) is 2.94. The van der Waals surface area contributed by atoms with Crippen LogP contribution in [0.25, 0.3) is 10.7 Å². The summed E-state index contributed by atoms with van der Waals surface area (Å²) in [5.41, 5.74) is 0.808. The van der Waals surface area contributed by atoms with Gasteiger partial charge in [0.25, 0.3) is 0 Å². The molecule has 0 bridgehead atoms. The lowest BCUT2D eigenvalue weighted by molar-refractivity contribution is -0.135. The molecule has 0 saturated carbocycles. The summed E-state index contributed by atoms with van der Waals surface area (Å²) in [6.07, 6.45) is 0.275. The normalized spacial score (nSPS) is 14.6. The quantitative estimate of drug-likeness (QED) is 0.730. The molecule has 7 heteroatoms. The zero-order chi connectivity index (χ0) is 16.5. The molecule has 3 aromatic rings. The number of thiophene rings is 1. The van der Waals surface area contributed by atoms with E-state index in [2.05, 4.69) is 10.1 Å². The smallest absolute Gasteiger partial charge is 0.233 e. The van der Waals surface area contributed by atoms with Gasteiger partial charge in [-0.2, -0.15) is 4.98 Å². The molecule has 0 radical (unpaired) electrons. The Hall–Kier alpha value is -2.54. The van der Waals surface area contributed by atoms with Crippen LogP contribution in [0.1, 0.15) is 17.4 Å². The number of benzene rings is 1. The Kier molecular flexibility index (Phi) is 3.86. The van der Waals surface area contributed by atoms with Crippen molar-refractivity contribution in [3.63, 3.8) is 0 Å². The van der Waals surface area contributed by atoms with Crippen LogP contribution in [0.3, 0.4) is 0 Å². The molecule has 1 fully saturated rings.